The van der Waals surface area contributed by atoms with E-state index in [-0.39, 0.29) is 37.7 Å². The molecule has 1 aliphatic carbocycles. The summed E-state index contributed by atoms with van der Waals surface area (Å²) in [6.45, 7) is 9.87. The van der Waals surface area contributed by atoms with Crippen LogP contribution in [0.2, 0.25) is 5.02 Å². The van der Waals surface area contributed by atoms with E-state index < -0.39 is 35.5 Å². The monoisotopic (exact) mass is 797 g/mol. The number of pyridine rings is 1. The molecule has 2 aliphatic heterocycles. The molecule has 7 rings (SSSR count). The van der Waals surface area contributed by atoms with E-state index in [1.54, 1.807) is 42.9 Å². The standard InChI is InChI=1S/C40H46ClF2N5O6S/c1-23-15-28(34-33(44-23)30(18-55-34)36(50)52-6)27-16-25(41)7-10-32(27)53-14-13-48-24(2)45-31-9-8-26(17-29(31)35(48)49)46-12-11-39(20-46)19-40(42,43)22-47(21-39)37(51)54-38(3,4)5/h7,10,15-16,18,26H,8-9,11-14,17,19-22H2,1-6H3. The van der Waals surface area contributed by atoms with E-state index in [1.807, 2.05) is 26.0 Å². The lowest BCUT2D eigenvalue weighted by molar-refractivity contribution is -0.112. The Bertz CT molecular complexity index is 2220. The van der Waals surface area contributed by atoms with Crippen molar-refractivity contribution in [3.63, 3.8) is 0 Å². The molecular weight excluding hydrogens is 752 g/mol. The summed E-state index contributed by atoms with van der Waals surface area (Å²) in [7, 11) is 1.34. The molecule has 3 aromatic heterocycles. The summed E-state index contributed by atoms with van der Waals surface area (Å²) in [5, 5.41) is 2.24. The smallest absolute Gasteiger partial charge is 0.410 e. The first-order valence-electron chi connectivity index (χ1n) is 18.5. The van der Waals surface area contributed by atoms with Crippen LogP contribution in [0.15, 0.2) is 34.4 Å². The zero-order valence-corrected chi connectivity index (χ0v) is 33.5. The second-order valence-electron chi connectivity index (χ2n) is 16.1. The number of likely N-dealkylation sites (tertiary alicyclic amines) is 2. The first-order valence-corrected chi connectivity index (χ1v) is 19.8. The molecule has 1 amide bonds. The molecule has 3 aliphatic rings. The van der Waals surface area contributed by atoms with Gasteiger partial charge in [-0.3, -0.25) is 19.2 Å². The Kier molecular flexibility index (Phi) is 10.5. The number of halogens is 3. The number of fused-ring (bicyclic) bond motifs is 2. The van der Waals surface area contributed by atoms with Gasteiger partial charge in [-0.15, -0.1) is 11.3 Å². The maximum absolute atomic E-state index is 15.1. The van der Waals surface area contributed by atoms with E-state index in [1.165, 1.54) is 23.3 Å². The second kappa shape index (κ2) is 14.7. The highest BCUT2D eigenvalue weighted by Crippen LogP contribution is 2.46. The predicted molar refractivity (Wildman–Crippen MR) is 207 cm³/mol. The number of piperidine rings is 1. The quantitative estimate of drug-likeness (QED) is 0.176. The highest BCUT2D eigenvalue weighted by Gasteiger charge is 2.54. The van der Waals surface area contributed by atoms with Gasteiger partial charge in [0.2, 0.25) is 0 Å². The Balaban J connectivity index is 1.07. The van der Waals surface area contributed by atoms with Gasteiger partial charge in [0.15, 0.2) is 0 Å². The highest BCUT2D eigenvalue weighted by atomic mass is 35.5. The molecule has 294 valence electrons. The number of rotatable bonds is 7. The second-order valence-corrected chi connectivity index (χ2v) is 17.5. The number of aromatic nitrogens is 3. The van der Waals surface area contributed by atoms with Crippen molar-refractivity contribution in [1.82, 2.24) is 24.3 Å². The minimum absolute atomic E-state index is 0.00598. The number of nitrogens with zero attached hydrogens (tertiary/aromatic N) is 5. The Morgan fingerprint density at radius 2 is 1.87 bits per heavy atom. The summed E-state index contributed by atoms with van der Waals surface area (Å²) in [5.41, 5.74) is 2.95. The maximum Gasteiger partial charge on any atom is 0.410 e. The van der Waals surface area contributed by atoms with Crippen LogP contribution in [0.1, 0.15) is 73.2 Å². The highest BCUT2D eigenvalue weighted by molar-refractivity contribution is 7.18. The lowest BCUT2D eigenvalue weighted by Gasteiger charge is -2.44. The van der Waals surface area contributed by atoms with E-state index in [0.29, 0.717) is 71.3 Å². The van der Waals surface area contributed by atoms with Gasteiger partial charge in [0.1, 0.15) is 23.8 Å². The molecule has 0 bridgehead atoms. The van der Waals surface area contributed by atoms with Crippen molar-refractivity contribution in [2.24, 2.45) is 5.41 Å². The van der Waals surface area contributed by atoms with Crippen LogP contribution < -0.4 is 10.3 Å². The van der Waals surface area contributed by atoms with Crippen molar-refractivity contribution in [2.45, 2.75) is 90.8 Å². The average molecular weight is 798 g/mol. The molecule has 0 radical (unpaired) electrons. The third kappa shape index (κ3) is 8.08. The van der Waals surface area contributed by atoms with Crippen LogP contribution in [0.5, 0.6) is 5.75 Å². The molecule has 2 saturated heterocycles. The van der Waals surface area contributed by atoms with Crippen LogP contribution in [-0.2, 0) is 28.9 Å². The first kappa shape index (κ1) is 39.1. The van der Waals surface area contributed by atoms with Gasteiger partial charge in [0.05, 0.1) is 41.7 Å². The molecule has 11 nitrogen and oxygen atoms in total. The Labute approximate surface area is 327 Å². The molecule has 1 aromatic carbocycles. The minimum atomic E-state index is -3.02. The minimum Gasteiger partial charge on any atom is -0.491 e. The third-order valence-corrected chi connectivity index (χ3v) is 12.0. The largest absolute Gasteiger partial charge is 0.491 e. The van der Waals surface area contributed by atoms with Gasteiger partial charge in [-0.25, -0.2) is 23.4 Å². The zero-order chi connectivity index (χ0) is 39.4. The fourth-order valence-corrected chi connectivity index (χ4v) is 9.65. The normalized spacial score (nSPS) is 21.2. The molecule has 4 aromatic rings. The third-order valence-electron chi connectivity index (χ3n) is 10.8. The van der Waals surface area contributed by atoms with Crippen LogP contribution in [0.4, 0.5) is 13.6 Å². The van der Waals surface area contributed by atoms with Crippen LogP contribution in [0.3, 0.4) is 0 Å². The van der Waals surface area contributed by atoms with Gasteiger partial charge < -0.3 is 19.1 Å². The number of thiophene rings is 1. The molecular formula is C40H46ClF2N5O6S. The predicted octanol–water partition coefficient (Wildman–Crippen LogP) is 7.48. The van der Waals surface area contributed by atoms with Crippen LogP contribution in [0.25, 0.3) is 21.3 Å². The Morgan fingerprint density at radius 1 is 1.09 bits per heavy atom. The molecule has 0 N–H and O–H groups in total. The van der Waals surface area contributed by atoms with E-state index >= 15 is 8.78 Å². The summed E-state index contributed by atoms with van der Waals surface area (Å²) < 4.78 is 49.5. The maximum atomic E-state index is 15.1. The van der Waals surface area contributed by atoms with E-state index in [4.69, 9.17) is 30.8 Å². The molecule has 2 atom stereocenters. The molecule has 2 fully saturated rings. The van der Waals surface area contributed by atoms with Crippen molar-refractivity contribution >= 4 is 45.2 Å². The summed E-state index contributed by atoms with van der Waals surface area (Å²) in [5.74, 6) is -2.33. The molecule has 5 heterocycles. The number of methoxy groups -OCH3 is 1. The number of aryl methyl sites for hydroxylation is 3. The summed E-state index contributed by atoms with van der Waals surface area (Å²) in [6.07, 6.45) is 1.39. The summed E-state index contributed by atoms with van der Waals surface area (Å²) in [4.78, 5) is 52.3. The fraction of sp³-hybridized carbons (Fsp3) is 0.525. The fourth-order valence-electron chi connectivity index (χ4n) is 8.47. The Hall–Kier alpha value is -4.14. The van der Waals surface area contributed by atoms with Crippen LogP contribution in [-0.4, -0.2) is 93.9 Å². The number of carbonyl (C=O) groups is 2. The van der Waals surface area contributed by atoms with Crippen LogP contribution in [0, 0.1) is 19.3 Å². The molecule has 2 unspecified atom stereocenters. The van der Waals surface area contributed by atoms with Gasteiger partial charge in [-0.05, 0) is 91.1 Å². The van der Waals surface area contributed by atoms with Gasteiger partial charge in [0.25, 0.3) is 11.5 Å². The number of hydrogen-bond acceptors (Lipinski definition) is 10. The van der Waals surface area contributed by atoms with E-state index in [2.05, 4.69) is 9.88 Å². The number of benzene rings is 1. The number of ether oxygens (including phenoxy) is 3. The van der Waals surface area contributed by atoms with Crippen molar-refractivity contribution in [1.29, 1.82) is 0 Å². The zero-order valence-electron chi connectivity index (χ0n) is 32.0. The van der Waals surface area contributed by atoms with Gasteiger partial charge in [-0.1, -0.05) is 11.6 Å². The van der Waals surface area contributed by atoms with Crippen molar-refractivity contribution in [3.8, 4) is 16.9 Å². The first-order chi connectivity index (χ1) is 25.9. The number of hydrogen-bond donors (Lipinski definition) is 0. The molecule has 1 spiro atoms. The van der Waals surface area contributed by atoms with Crippen molar-refractivity contribution < 1.29 is 32.6 Å². The number of esters is 1. The van der Waals surface area contributed by atoms with E-state index in [9.17, 15) is 14.4 Å². The SMILES string of the molecule is COC(=O)c1csc2c(-c3cc(Cl)ccc3OCCn3c(C)nc4c(c3=O)CC(N3CCC5(CN(C(=O)OC(C)(C)C)CC(F)(F)C5)C3)CC4)cc(C)nc12. The topological polar surface area (TPSA) is 116 Å². The summed E-state index contributed by atoms with van der Waals surface area (Å²) in [6, 6.07) is 7.26. The van der Waals surface area contributed by atoms with Crippen molar-refractivity contribution in [2.75, 3.05) is 39.9 Å². The lowest BCUT2D eigenvalue weighted by Crippen LogP contribution is -2.56. The summed E-state index contributed by atoms with van der Waals surface area (Å²) >= 11 is 7.86. The van der Waals surface area contributed by atoms with Gasteiger partial charge in [0, 0.05) is 63.8 Å². The van der Waals surface area contributed by atoms with Crippen LogP contribution >= 0.6 is 22.9 Å². The van der Waals surface area contributed by atoms with E-state index in [0.717, 1.165) is 27.9 Å². The van der Waals surface area contributed by atoms with Gasteiger partial charge in [-0.2, -0.15) is 0 Å². The lowest BCUT2D eigenvalue weighted by atomic mass is 9.77. The van der Waals surface area contributed by atoms with Crippen molar-refractivity contribution in [3.05, 3.63) is 73.4 Å². The Morgan fingerprint density at radius 3 is 2.62 bits per heavy atom. The molecule has 0 saturated carbocycles. The number of amides is 1. The number of carbonyl (C=O) groups excluding carboxylic acids is 2. The van der Waals surface area contributed by atoms with Gasteiger partial charge >= 0.3 is 12.1 Å². The molecule has 15 heteroatoms. The average Bonchev–Trinajstić information content (AvgIpc) is 3.72. The molecule has 55 heavy (non-hydrogen) atoms. The number of alkyl halides is 2.